The lowest BCUT2D eigenvalue weighted by Crippen LogP contribution is -2.54. The molecule has 0 amide bonds. The number of hydrogen-bond donors (Lipinski definition) is 1. The van der Waals surface area contributed by atoms with Gasteiger partial charge in [-0.25, -0.2) is 0 Å². The Morgan fingerprint density at radius 2 is 2.04 bits per heavy atom. The van der Waals surface area contributed by atoms with Crippen molar-refractivity contribution in [2.24, 2.45) is 0 Å². The number of carbonyl (C=O) groups excluding carboxylic acids is 1. The first kappa shape index (κ1) is 16.6. The molecule has 27 heavy (non-hydrogen) atoms. The van der Waals surface area contributed by atoms with Crippen molar-refractivity contribution in [2.75, 3.05) is 13.6 Å². The summed E-state index contributed by atoms with van der Waals surface area (Å²) in [5, 5.41) is 1.05. The summed E-state index contributed by atoms with van der Waals surface area (Å²) in [5.41, 5.74) is 7.95. The number of hydrogen-bond acceptors (Lipinski definition) is 2. The van der Waals surface area contributed by atoms with Crippen LogP contribution in [-0.4, -0.2) is 28.8 Å². The molecule has 2 atom stereocenters. The molecule has 2 unspecified atom stereocenters. The van der Waals surface area contributed by atoms with Crippen molar-refractivity contribution in [1.29, 1.82) is 0 Å². The Kier molecular flexibility index (Phi) is 3.35. The van der Waals surface area contributed by atoms with Gasteiger partial charge in [0.15, 0.2) is 5.78 Å². The van der Waals surface area contributed by atoms with Crippen LogP contribution in [0.15, 0.2) is 30.3 Å². The molecule has 3 aromatic rings. The highest BCUT2D eigenvalue weighted by Gasteiger charge is 2.45. The minimum absolute atomic E-state index is 0.0140. The standard InChI is InChI=1S/C23H24N2O2/c1-13-5-6-17-16(11-13)9-10-25(4)12-18-20(27-23(17)25)8-7-19-22(18)21(15(3)26)14(2)24-19/h5-8,11,23H,9-10,12H2,1-4H3/p+1. The number of ether oxygens (including phenoxy) is 1. The lowest BCUT2D eigenvalue weighted by atomic mass is 9.91. The summed E-state index contributed by atoms with van der Waals surface area (Å²) in [4.78, 5) is 15.7. The van der Waals surface area contributed by atoms with E-state index in [1.807, 2.05) is 13.0 Å². The normalized spacial score (nSPS) is 23.3. The number of nitrogens with one attached hydrogen (secondary N) is 1. The number of carbonyl (C=O) groups is 1. The van der Waals surface area contributed by atoms with E-state index in [0.29, 0.717) is 0 Å². The summed E-state index contributed by atoms with van der Waals surface area (Å²) in [7, 11) is 2.28. The van der Waals surface area contributed by atoms with Crippen LogP contribution in [0.5, 0.6) is 5.75 Å². The van der Waals surface area contributed by atoms with Crippen molar-refractivity contribution < 1.29 is 14.0 Å². The van der Waals surface area contributed by atoms with Crippen LogP contribution in [0, 0.1) is 13.8 Å². The summed E-state index contributed by atoms with van der Waals surface area (Å²) < 4.78 is 7.43. The van der Waals surface area contributed by atoms with Gasteiger partial charge in [-0.1, -0.05) is 17.7 Å². The number of rotatable bonds is 1. The summed E-state index contributed by atoms with van der Waals surface area (Å²) in [6, 6.07) is 10.8. The summed E-state index contributed by atoms with van der Waals surface area (Å²) in [6.45, 7) is 7.69. The zero-order valence-corrected chi connectivity index (χ0v) is 16.3. The lowest BCUT2D eigenvalue weighted by Gasteiger charge is -2.48. The molecular weight excluding hydrogens is 336 g/mol. The van der Waals surface area contributed by atoms with E-state index in [4.69, 9.17) is 4.74 Å². The van der Waals surface area contributed by atoms with Crippen LogP contribution in [0.25, 0.3) is 10.9 Å². The summed E-state index contributed by atoms with van der Waals surface area (Å²) >= 11 is 0. The first-order valence-corrected chi connectivity index (χ1v) is 9.63. The molecular formula is C23H25N2O2+. The number of benzene rings is 2. The highest BCUT2D eigenvalue weighted by atomic mass is 16.5. The number of nitrogens with zero attached hydrogens (tertiary/aromatic N) is 1. The molecule has 5 rings (SSSR count). The number of fused-ring (bicyclic) bond motifs is 6. The maximum absolute atomic E-state index is 12.3. The van der Waals surface area contributed by atoms with E-state index in [0.717, 1.165) is 57.5 Å². The Morgan fingerprint density at radius 3 is 2.81 bits per heavy atom. The predicted octanol–water partition coefficient (Wildman–Crippen LogP) is 4.58. The molecule has 1 aromatic heterocycles. The fourth-order valence-corrected chi connectivity index (χ4v) is 5.03. The smallest absolute Gasteiger partial charge is 0.260 e. The second-order valence-electron chi connectivity index (χ2n) is 8.43. The van der Waals surface area contributed by atoms with Gasteiger partial charge in [0.2, 0.25) is 0 Å². The Hall–Kier alpha value is -2.59. The fourth-order valence-electron chi connectivity index (χ4n) is 5.03. The quantitative estimate of drug-likeness (QED) is 0.509. The molecule has 3 heterocycles. The second kappa shape index (κ2) is 5.46. The highest BCUT2D eigenvalue weighted by molar-refractivity contribution is 6.09. The third-order valence-corrected chi connectivity index (χ3v) is 6.35. The van der Waals surface area contributed by atoms with Crippen LogP contribution in [0.3, 0.4) is 0 Å². The molecule has 0 radical (unpaired) electrons. The van der Waals surface area contributed by atoms with Crippen LogP contribution in [-0.2, 0) is 13.0 Å². The van der Waals surface area contributed by atoms with E-state index in [2.05, 4.69) is 43.2 Å². The SMILES string of the molecule is CC(=O)c1c(C)[nH]c2ccc3c(c12)C[N+]1(C)CCc2cc(C)ccc2C1O3. The second-order valence-corrected chi connectivity index (χ2v) is 8.43. The minimum atomic E-state index is 0.0140. The van der Waals surface area contributed by atoms with E-state index in [9.17, 15) is 4.79 Å². The lowest BCUT2D eigenvalue weighted by molar-refractivity contribution is -0.974. The van der Waals surface area contributed by atoms with Gasteiger partial charge in [0.05, 0.1) is 24.7 Å². The van der Waals surface area contributed by atoms with E-state index in [1.54, 1.807) is 6.92 Å². The van der Waals surface area contributed by atoms with Crippen molar-refractivity contribution >= 4 is 16.7 Å². The van der Waals surface area contributed by atoms with Gasteiger partial charge in [0.1, 0.15) is 12.3 Å². The van der Waals surface area contributed by atoms with Crippen molar-refractivity contribution in [2.45, 2.75) is 40.0 Å². The zero-order chi connectivity index (χ0) is 18.9. The third-order valence-electron chi connectivity index (χ3n) is 6.35. The van der Waals surface area contributed by atoms with Gasteiger partial charge in [-0.15, -0.1) is 0 Å². The van der Waals surface area contributed by atoms with E-state index in [-0.39, 0.29) is 12.0 Å². The van der Waals surface area contributed by atoms with Crippen LogP contribution in [0.4, 0.5) is 0 Å². The predicted molar refractivity (Wildman–Crippen MR) is 106 cm³/mol. The number of likely N-dealkylation sites (N-methyl/N-ethyl adjacent to an activating group) is 1. The Labute approximate surface area is 159 Å². The van der Waals surface area contributed by atoms with Gasteiger partial charge in [-0.2, -0.15) is 0 Å². The van der Waals surface area contributed by atoms with Gasteiger partial charge in [0, 0.05) is 28.6 Å². The number of Topliss-reactive ketones (excluding diaryl/α,β-unsaturated/α-hetero) is 1. The van der Waals surface area contributed by atoms with Gasteiger partial charge in [-0.3, -0.25) is 9.28 Å². The first-order valence-electron chi connectivity index (χ1n) is 9.63. The van der Waals surface area contributed by atoms with E-state index < -0.39 is 0 Å². The largest absolute Gasteiger partial charge is 0.438 e. The van der Waals surface area contributed by atoms with Gasteiger partial charge in [0.25, 0.3) is 6.23 Å². The van der Waals surface area contributed by atoms with Crippen LogP contribution in [0.1, 0.15) is 51.5 Å². The Bertz CT molecular complexity index is 1110. The molecule has 0 saturated carbocycles. The van der Waals surface area contributed by atoms with Crippen molar-refractivity contribution in [3.63, 3.8) is 0 Å². The molecule has 2 aliphatic rings. The fraction of sp³-hybridized carbons (Fsp3) is 0.348. The average molecular weight is 361 g/mol. The van der Waals surface area contributed by atoms with E-state index in [1.165, 1.54) is 16.7 Å². The van der Waals surface area contributed by atoms with Gasteiger partial charge < -0.3 is 9.72 Å². The molecule has 0 bridgehead atoms. The number of quaternary nitrogens is 1. The molecule has 0 saturated heterocycles. The minimum Gasteiger partial charge on any atom is -0.438 e. The maximum Gasteiger partial charge on any atom is 0.260 e. The molecule has 1 N–H and O–H groups in total. The molecule has 138 valence electrons. The van der Waals surface area contributed by atoms with Gasteiger partial charge in [-0.05, 0) is 44.5 Å². The Morgan fingerprint density at radius 1 is 1.22 bits per heavy atom. The number of H-pyrrole nitrogens is 1. The number of aromatic amines is 1. The van der Waals surface area contributed by atoms with Crippen molar-refractivity contribution in [1.82, 2.24) is 4.98 Å². The number of aromatic nitrogens is 1. The van der Waals surface area contributed by atoms with E-state index >= 15 is 0 Å². The van der Waals surface area contributed by atoms with Crippen LogP contribution >= 0.6 is 0 Å². The Balaban J connectivity index is 1.71. The molecule has 2 aromatic carbocycles. The topological polar surface area (TPSA) is 42.1 Å². The zero-order valence-electron chi connectivity index (χ0n) is 16.3. The van der Waals surface area contributed by atoms with Crippen LogP contribution in [0.2, 0.25) is 0 Å². The average Bonchev–Trinajstić information content (AvgIpc) is 2.96. The molecule has 0 aliphatic carbocycles. The van der Waals surface area contributed by atoms with Crippen molar-refractivity contribution in [3.8, 4) is 5.75 Å². The highest BCUT2D eigenvalue weighted by Crippen LogP contribution is 2.46. The molecule has 0 fully saturated rings. The van der Waals surface area contributed by atoms with Crippen molar-refractivity contribution in [3.05, 3.63) is 63.8 Å². The molecule has 0 spiro atoms. The van der Waals surface area contributed by atoms with Crippen LogP contribution < -0.4 is 4.74 Å². The number of aryl methyl sites for hydroxylation is 2. The van der Waals surface area contributed by atoms with Gasteiger partial charge >= 0.3 is 0 Å². The molecule has 4 nitrogen and oxygen atoms in total. The summed E-state index contributed by atoms with van der Waals surface area (Å²) in [6.07, 6.45) is 1.07. The molecule has 4 heteroatoms. The molecule has 2 aliphatic heterocycles. The monoisotopic (exact) mass is 361 g/mol. The summed E-state index contributed by atoms with van der Waals surface area (Å²) in [5.74, 6) is 1.02. The number of ketones is 1. The third kappa shape index (κ3) is 2.29. The maximum atomic E-state index is 12.3. The first-order chi connectivity index (χ1) is 12.9.